The lowest BCUT2D eigenvalue weighted by atomic mass is 10.1. The number of aryl methyl sites for hydroxylation is 1. The Balaban J connectivity index is 2.03. The van der Waals surface area contributed by atoms with Gasteiger partial charge in [-0.1, -0.05) is 6.07 Å². The van der Waals surface area contributed by atoms with E-state index in [1.807, 2.05) is 0 Å². The fourth-order valence-corrected chi connectivity index (χ4v) is 3.82. The predicted octanol–water partition coefficient (Wildman–Crippen LogP) is 1.00. The number of amides is 2. The summed E-state index contributed by atoms with van der Waals surface area (Å²) in [4.78, 5) is 22.8. The van der Waals surface area contributed by atoms with Crippen LogP contribution in [-0.2, 0) is 9.84 Å². The minimum absolute atomic E-state index is 0.0609. The fourth-order valence-electron chi connectivity index (χ4n) is 2.14. The molecule has 1 aromatic rings. The molecule has 8 heteroatoms. The standard InChI is InChI=1S/C13H16N2O5S/c1-8-2-3-9(12(16)17)6-11(8)15-13(18)14-10-4-5-21(19,20)7-10/h2-3,6,10H,4-5,7H2,1H3,(H,16,17)(H2,14,15,18). The second kappa shape index (κ2) is 5.72. The highest BCUT2D eigenvalue weighted by Crippen LogP contribution is 2.17. The molecule has 2 rings (SSSR count). The van der Waals surface area contributed by atoms with E-state index in [1.54, 1.807) is 13.0 Å². The lowest BCUT2D eigenvalue weighted by molar-refractivity contribution is 0.0697. The van der Waals surface area contributed by atoms with Crippen LogP contribution >= 0.6 is 0 Å². The van der Waals surface area contributed by atoms with Crippen molar-refractivity contribution in [1.82, 2.24) is 5.32 Å². The van der Waals surface area contributed by atoms with Crippen molar-refractivity contribution in [1.29, 1.82) is 0 Å². The van der Waals surface area contributed by atoms with Gasteiger partial charge in [0.1, 0.15) is 0 Å². The van der Waals surface area contributed by atoms with Gasteiger partial charge in [-0.15, -0.1) is 0 Å². The summed E-state index contributed by atoms with van der Waals surface area (Å²) in [5.41, 5.74) is 1.17. The first-order valence-electron chi connectivity index (χ1n) is 6.39. The highest BCUT2D eigenvalue weighted by molar-refractivity contribution is 7.91. The topological polar surface area (TPSA) is 113 Å². The molecule has 0 bridgehead atoms. The SMILES string of the molecule is Cc1ccc(C(=O)O)cc1NC(=O)NC1CCS(=O)(=O)C1. The lowest BCUT2D eigenvalue weighted by Crippen LogP contribution is -2.38. The van der Waals surface area contributed by atoms with Gasteiger partial charge in [0.05, 0.1) is 17.1 Å². The van der Waals surface area contributed by atoms with Crippen LogP contribution < -0.4 is 10.6 Å². The van der Waals surface area contributed by atoms with Crippen LogP contribution in [-0.4, -0.2) is 43.1 Å². The molecule has 0 radical (unpaired) electrons. The van der Waals surface area contributed by atoms with Crippen molar-refractivity contribution in [2.75, 3.05) is 16.8 Å². The molecule has 0 aromatic heterocycles. The first-order valence-corrected chi connectivity index (χ1v) is 8.21. The van der Waals surface area contributed by atoms with Crippen LogP contribution in [0.4, 0.5) is 10.5 Å². The monoisotopic (exact) mass is 312 g/mol. The van der Waals surface area contributed by atoms with E-state index in [2.05, 4.69) is 10.6 Å². The number of urea groups is 1. The van der Waals surface area contributed by atoms with Crippen LogP contribution in [0.2, 0.25) is 0 Å². The summed E-state index contributed by atoms with van der Waals surface area (Å²) in [5.74, 6) is -1.07. The summed E-state index contributed by atoms with van der Waals surface area (Å²) >= 11 is 0. The van der Waals surface area contributed by atoms with Crippen molar-refractivity contribution >= 4 is 27.5 Å². The Kier molecular flexibility index (Phi) is 4.17. The highest BCUT2D eigenvalue weighted by Gasteiger charge is 2.28. The lowest BCUT2D eigenvalue weighted by Gasteiger charge is -2.13. The summed E-state index contributed by atoms with van der Waals surface area (Å²) in [6.45, 7) is 1.74. The number of carbonyl (C=O) groups is 2. The van der Waals surface area contributed by atoms with Gasteiger partial charge in [-0.3, -0.25) is 0 Å². The molecule has 0 spiro atoms. The number of carboxylic acids is 1. The molecule has 1 aromatic carbocycles. The van der Waals surface area contributed by atoms with E-state index >= 15 is 0 Å². The van der Waals surface area contributed by atoms with Crippen molar-refractivity contribution in [2.24, 2.45) is 0 Å². The molecular weight excluding hydrogens is 296 g/mol. The molecule has 1 atom stereocenters. The smallest absolute Gasteiger partial charge is 0.335 e. The zero-order valence-electron chi connectivity index (χ0n) is 11.4. The van der Waals surface area contributed by atoms with Gasteiger partial charge in [0, 0.05) is 11.7 Å². The highest BCUT2D eigenvalue weighted by atomic mass is 32.2. The molecule has 0 saturated carbocycles. The molecule has 21 heavy (non-hydrogen) atoms. The average molecular weight is 312 g/mol. The Hall–Kier alpha value is -2.09. The molecule has 7 nitrogen and oxygen atoms in total. The summed E-state index contributed by atoms with van der Waals surface area (Å²) in [6.07, 6.45) is 0.393. The Morgan fingerprint density at radius 1 is 1.33 bits per heavy atom. The second-order valence-corrected chi connectivity index (χ2v) is 7.26. The van der Waals surface area contributed by atoms with Gasteiger partial charge in [-0.05, 0) is 31.0 Å². The third-order valence-electron chi connectivity index (χ3n) is 3.30. The Morgan fingerprint density at radius 3 is 2.62 bits per heavy atom. The number of hydrogen-bond donors (Lipinski definition) is 3. The number of carboxylic acid groups (broad SMARTS) is 1. The first kappa shape index (κ1) is 15.3. The van der Waals surface area contributed by atoms with E-state index in [-0.39, 0.29) is 17.1 Å². The number of hydrogen-bond acceptors (Lipinski definition) is 4. The van der Waals surface area contributed by atoms with Crippen LogP contribution in [0.15, 0.2) is 18.2 Å². The van der Waals surface area contributed by atoms with Crippen LogP contribution in [0.25, 0.3) is 0 Å². The Bertz CT molecular complexity index is 684. The number of benzene rings is 1. The molecule has 1 saturated heterocycles. The van der Waals surface area contributed by atoms with Gasteiger partial charge < -0.3 is 15.7 Å². The zero-order valence-corrected chi connectivity index (χ0v) is 12.2. The average Bonchev–Trinajstić information content (AvgIpc) is 2.71. The molecule has 2 amide bonds. The largest absolute Gasteiger partial charge is 0.478 e. The van der Waals surface area contributed by atoms with Gasteiger partial charge in [0.15, 0.2) is 9.84 Å². The molecule has 1 heterocycles. The third-order valence-corrected chi connectivity index (χ3v) is 5.07. The van der Waals surface area contributed by atoms with E-state index in [0.29, 0.717) is 17.7 Å². The first-order chi connectivity index (χ1) is 9.77. The Labute approximate surface area is 122 Å². The van der Waals surface area contributed by atoms with Crippen LogP contribution in [0.1, 0.15) is 22.3 Å². The van der Waals surface area contributed by atoms with Crippen molar-refractivity contribution in [3.63, 3.8) is 0 Å². The third kappa shape index (κ3) is 3.94. The number of aromatic carboxylic acids is 1. The normalized spacial score (nSPS) is 20.0. The number of carbonyl (C=O) groups excluding carboxylic acids is 1. The van der Waals surface area contributed by atoms with Crippen molar-refractivity contribution in [2.45, 2.75) is 19.4 Å². The Morgan fingerprint density at radius 2 is 2.05 bits per heavy atom. The minimum Gasteiger partial charge on any atom is -0.478 e. The molecule has 0 aliphatic carbocycles. The van der Waals surface area contributed by atoms with Crippen molar-refractivity contribution in [3.8, 4) is 0 Å². The number of nitrogens with one attached hydrogen (secondary N) is 2. The molecular formula is C13H16N2O5S. The van der Waals surface area contributed by atoms with Crippen LogP contribution in [0.3, 0.4) is 0 Å². The fraction of sp³-hybridized carbons (Fsp3) is 0.385. The molecule has 1 unspecified atom stereocenters. The van der Waals surface area contributed by atoms with E-state index in [0.717, 1.165) is 0 Å². The summed E-state index contributed by atoms with van der Waals surface area (Å²) in [5, 5.41) is 14.1. The van der Waals surface area contributed by atoms with Gasteiger partial charge in [-0.2, -0.15) is 0 Å². The van der Waals surface area contributed by atoms with Crippen LogP contribution in [0, 0.1) is 6.92 Å². The van der Waals surface area contributed by atoms with Gasteiger partial charge >= 0.3 is 12.0 Å². The molecule has 3 N–H and O–H groups in total. The maximum absolute atomic E-state index is 11.8. The number of anilines is 1. The molecule has 1 aliphatic heterocycles. The van der Waals surface area contributed by atoms with E-state index < -0.39 is 27.9 Å². The van der Waals surface area contributed by atoms with E-state index in [4.69, 9.17) is 5.11 Å². The van der Waals surface area contributed by atoms with Gasteiger partial charge in [0.25, 0.3) is 0 Å². The summed E-state index contributed by atoms with van der Waals surface area (Å²) < 4.78 is 22.6. The maximum atomic E-state index is 11.8. The predicted molar refractivity (Wildman–Crippen MR) is 77.4 cm³/mol. The van der Waals surface area contributed by atoms with Gasteiger partial charge in [-0.25, -0.2) is 18.0 Å². The summed E-state index contributed by atoms with van der Waals surface area (Å²) in [6, 6.07) is 3.46. The van der Waals surface area contributed by atoms with Crippen molar-refractivity contribution in [3.05, 3.63) is 29.3 Å². The molecule has 1 fully saturated rings. The molecule has 1 aliphatic rings. The van der Waals surface area contributed by atoms with Crippen molar-refractivity contribution < 1.29 is 23.1 Å². The molecule has 114 valence electrons. The number of sulfone groups is 1. The summed E-state index contributed by atoms with van der Waals surface area (Å²) in [7, 11) is -3.06. The quantitative estimate of drug-likeness (QED) is 0.771. The van der Waals surface area contributed by atoms with E-state index in [9.17, 15) is 18.0 Å². The minimum atomic E-state index is -3.06. The number of rotatable bonds is 3. The van der Waals surface area contributed by atoms with Crippen LogP contribution in [0.5, 0.6) is 0 Å². The second-order valence-electron chi connectivity index (χ2n) is 5.03. The maximum Gasteiger partial charge on any atom is 0.335 e. The zero-order chi connectivity index (χ0) is 15.6. The van der Waals surface area contributed by atoms with Gasteiger partial charge in [0.2, 0.25) is 0 Å². The van der Waals surface area contributed by atoms with E-state index in [1.165, 1.54) is 12.1 Å².